The monoisotopic (exact) mass is 404 g/mol. The maximum atomic E-state index is 10.7. The van der Waals surface area contributed by atoms with Gasteiger partial charge in [0.15, 0.2) is 0 Å². The molecule has 0 bridgehead atoms. The van der Waals surface area contributed by atoms with Crippen LogP contribution < -0.4 is 21.2 Å². The van der Waals surface area contributed by atoms with Crippen molar-refractivity contribution in [1.82, 2.24) is 9.88 Å². The van der Waals surface area contributed by atoms with Crippen LogP contribution in [-0.2, 0) is 16.1 Å². The van der Waals surface area contributed by atoms with E-state index in [-0.39, 0.29) is 0 Å². The fourth-order valence-electron chi connectivity index (χ4n) is 3.36. The van der Waals surface area contributed by atoms with Gasteiger partial charge in [0.05, 0.1) is 23.7 Å². The summed E-state index contributed by atoms with van der Waals surface area (Å²) in [7, 11) is 3.54. The maximum Gasteiger partial charge on any atom is 0.211 e. The molecule has 1 aromatic carbocycles. The first kappa shape index (κ1) is 22.7. The Labute approximate surface area is 177 Å². The Balaban J connectivity index is 0.000000575. The summed E-state index contributed by atoms with van der Waals surface area (Å²) >= 11 is 0. The number of likely N-dealkylation sites (N-methyl/N-ethyl adjacent to an activating group) is 1. The Morgan fingerprint density at radius 1 is 1.37 bits per heavy atom. The van der Waals surface area contributed by atoms with E-state index in [0.717, 1.165) is 34.1 Å². The molecule has 0 aliphatic heterocycles. The van der Waals surface area contributed by atoms with Gasteiger partial charge in [0.1, 0.15) is 11.8 Å². The Morgan fingerprint density at radius 3 is 2.73 bits per heavy atom. The first-order chi connectivity index (χ1) is 14.6. The first-order valence-corrected chi connectivity index (χ1v) is 9.79. The lowest BCUT2D eigenvalue weighted by atomic mass is 10.1. The van der Waals surface area contributed by atoms with E-state index >= 15 is 0 Å². The van der Waals surface area contributed by atoms with Gasteiger partial charge < -0.3 is 19.9 Å². The van der Waals surface area contributed by atoms with E-state index in [0.29, 0.717) is 30.6 Å². The third-order valence-electron chi connectivity index (χ3n) is 4.64. The summed E-state index contributed by atoms with van der Waals surface area (Å²) in [5.74, 6) is 0.787. The number of nitrogens with zero attached hydrogens (tertiary/aromatic N) is 2. The normalized spacial score (nSPS) is 11.7. The van der Waals surface area contributed by atoms with Gasteiger partial charge in [-0.05, 0) is 38.6 Å². The molecule has 1 aliphatic rings. The van der Waals surface area contributed by atoms with Crippen molar-refractivity contribution in [3.63, 3.8) is 0 Å². The second kappa shape index (κ2) is 11.4. The summed E-state index contributed by atoms with van der Waals surface area (Å²) in [5, 5.41) is 17.3. The van der Waals surface area contributed by atoms with E-state index < -0.39 is 0 Å². The third kappa shape index (κ3) is 5.07. The highest BCUT2D eigenvalue weighted by Gasteiger charge is 2.17. The largest absolute Gasteiger partial charge is 0.497 e. The second-order valence-corrected chi connectivity index (χ2v) is 6.46. The zero-order valence-corrected chi connectivity index (χ0v) is 17.7. The summed E-state index contributed by atoms with van der Waals surface area (Å²) in [5.41, 5.74) is 3.08. The molecule has 0 saturated heterocycles. The molecule has 1 aliphatic carbocycles. The molecule has 3 rings (SSSR count). The Morgan fingerprint density at radius 2 is 2.17 bits per heavy atom. The molecule has 6 nitrogen and oxygen atoms in total. The van der Waals surface area contributed by atoms with Crippen LogP contribution in [0.4, 0.5) is 5.69 Å². The number of rotatable bonds is 7. The molecular weight excluding hydrogens is 376 g/mol. The molecule has 0 radical (unpaired) electrons. The summed E-state index contributed by atoms with van der Waals surface area (Å²) in [4.78, 5) is 10.7. The fourth-order valence-corrected chi connectivity index (χ4v) is 3.36. The zero-order valence-electron chi connectivity index (χ0n) is 17.7. The molecule has 0 saturated carbocycles. The molecule has 0 spiro atoms. The third-order valence-corrected chi connectivity index (χ3v) is 4.64. The standard InChI is InChI=1S/C20H19N3O2.C4H9N/c1-3-23-19-11-16(25-2)8-5-9-17(19)18(12-21)20(23)14-6-4-7-15(10-14)22-13-24;1-3-4-5-2/h4,6-11,13H,3,5H2,1-2H3,(H,22,24);3,5H,1,4H2,2H3. The van der Waals surface area contributed by atoms with Gasteiger partial charge >= 0.3 is 0 Å². The van der Waals surface area contributed by atoms with Crippen molar-refractivity contribution < 1.29 is 9.53 Å². The van der Waals surface area contributed by atoms with Crippen LogP contribution in [0, 0.1) is 11.3 Å². The van der Waals surface area contributed by atoms with Crippen LogP contribution in [0.3, 0.4) is 0 Å². The number of benzene rings is 1. The van der Waals surface area contributed by atoms with Gasteiger partial charge in [-0.2, -0.15) is 5.26 Å². The maximum absolute atomic E-state index is 10.7. The molecular formula is C24H28N4O2. The van der Waals surface area contributed by atoms with Gasteiger partial charge in [-0.15, -0.1) is 6.58 Å². The van der Waals surface area contributed by atoms with Crippen LogP contribution in [-0.4, -0.2) is 31.7 Å². The molecule has 2 N–H and O–H groups in total. The molecule has 1 heterocycles. The molecule has 30 heavy (non-hydrogen) atoms. The number of carbonyl (C=O) groups is 1. The van der Waals surface area contributed by atoms with E-state index in [1.165, 1.54) is 0 Å². The molecule has 1 amide bonds. The summed E-state index contributed by atoms with van der Waals surface area (Å²) in [6.45, 7) is 7.15. The van der Waals surface area contributed by atoms with Crippen LogP contribution in [0.5, 0.6) is 0 Å². The zero-order chi connectivity index (χ0) is 21.9. The molecule has 1 aromatic heterocycles. The van der Waals surface area contributed by atoms with E-state index in [1.54, 1.807) is 7.11 Å². The van der Waals surface area contributed by atoms with Crippen LogP contribution >= 0.6 is 0 Å². The number of methoxy groups -OCH3 is 1. The minimum atomic E-state index is 0.641. The smallest absolute Gasteiger partial charge is 0.211 e. The van der Waals surface area contributed by atoms with Gasteiger partial charge in [0, 0.05) is 35.6 Å². The number of fused-ring (bicyclic) bond motifs is 1. The number of allylic oxidation sites excluding steroid dienone is 2. The van der Waals surface area contributed by atoms with Crippen molar-refractivity contribution in [2.24, 2.45) is 0 Å². The number of hydrogen-bond acceptors (Lipinski definition) is 4. The second-order valence-electron chi connectivity index (χ2n) is 6.46. The SMILES string of the molecule is C=CCNC.CCn1c(-c2cccc(NC=O)c2)c(C#N)c2c1=CC(OC)=CCC=2. The van der Waals surface area contributed by atoms with E-state index in [2.05, 4.69) is 33.9 Å². The van der Waals surface area contributed by atoms with Crippen molar-refractivity contribution in [3.05, 3.63) is 64.9 Å². The van der Waals surface area contributed by atoms with Crippen molar-refractivity contribution in [2.45, 2.75) is 19.9 Å². The first-order valence-electron chi connectivity index (χ1n) is 9.79. The number of nitriles is 1. The average molecular weight is 405 g/mol. The van der Waals surface area contributed by atoms with Crippen LogP contribution in [0.25, 0.3) is 23.4 Å². The Kier molecular flexibility index (Phi) is 8.67. The van der Waals surface area contributed by atoms with Crippen molar-refractivity contribution in [2.75, 3.05) is 26.0 Å². The van der Waals surface area contributed by atoms with Crippen LogP contribution in [0.2, 0.25) is 0 Å². The number of anilines is 1. The summed E-state index contributed by atoms with van der Waals surface area (Å²) in [6, 6.07) is 9.88. The topological polar surface area (TPSA) is 79.1 Å². The predicted octanol–water partition coefficient (Wildman–Crippen LogP) is 2.50. The van der Waals surface area contributed by atoms with Crippen LogP contribution in [0.15, 0.2) is 48.8 Å². The number of carbonyl (C=O) groups excluding carboxylic acids is 1. The molecule has 0 unspecified atom stereocenters. The van der Waals surface area contributed by atoms with Crippen molar-refractivity contribution >= 4 is 24.2 Å². The number of hydrogen-bond donors (Lipinski definition) is 2. The van der Waals surface area contributed by atoms with E-state index in [4.69, 9.17) is 4.74 Å². The van der Waals surface area contributed by atoms with Gasteiger partial charge in [-0.25, -0.2) is 0 Å². The molecule has 2 aromatic rings. The lowest BCUT2D eigenvalue weighted by molar-refractivity contribution is -0.105. The van der Waals surface area contributed by atoms with Gasteiger partial charge in [0.2, 0.25) is 6.41 Å². The molecule has 6 heteroatoms. The van der Waals surface area contributed by atoms with Gasteiger partial charge in [0.25, 0.3) is 0 Å². The summed E-state index contributed by atoms with van der Waals surface area (Å²) < 4.78 is 7.52. The van der Waals surface area contributed by atoms with Crippen molar-refractivity contribution in [1.29, 1.82) is 5.26 Å². The molecule has 0 fully saturated rings. The lowest BCUT2D eigenvalue weighted by Gasteiger charge is -2.10. The highest BCUT2D eigenvalue weighted by Crippen LogP contribution is 2.24. The number of aromatic nitrogens is 1. The molecule has 156 valence electrons. The molecule has 0 atom stereocenters. The minimum absolute atomic E-state index is 0.641. The summed E-state index contributed by atoms with van der Waals surface area (Å²) in [6.07, 6.45) is 9.20. The number of amides is 1. The van der Waals surface area contributed by atoms with Gasteiger partial charge in [-0.1, -0.05) is 24.3 Å². The fraction of sp³-hybridized carbons (Fsp3) is 0.250. The van der Waals surface area contributed by atoms with Crippen molar-refractivity contribution in [3.8, 4) is 17.3 Å². The minimum Gasteiger partial charge on any atom is -0.497 e. The average Bonchev–Trinajstić information content (AvgIpc) is 2.90. The Hall–Kier alpha value is -3.56. The van der Waals surface area contributed by atoms with E-state index in [9.17, 15) is 10.1 Å². The lowest BCUT2D eigenvalue weighted by Crippen LogP contribution is -2.29. The highest BCUT2D eigenvalue weighted by atomic mass is 16.5. The van der Waals surface area contributed by atoms with E-state index in [1.807, 2.05) is 56.5 Å². The number of nitrogens with one attached hydrogen (secondary N) is 2. The van der Waals surface area contributed by atoms with Gasteiger partial charge in [-0.3, -0.25) is 4.79 Å². The number of ether oxygens (including phenoxy) is 1. The van der Waals surface area contributed by atoms with Crippen LogP contribution in [0.1, 0.15) is 18.9 Å². The quantitative estimate of drug-likeness (QED) is 0.549. The highest BCUT2D eigenvalue weighted by molar-refractivity contribution is 5.77. The Bertz CT molecular complexity index is 1090. The predicted molar refractivity (Wildman–Crippen MR) is 122 cm³/mol.